The molecule has 0 saturated carbocycles. The van der Waals surface area contributed by atoms with E-state index < -0.39 is 46.6 Å². The molecule has 0 fully saturated rings. The summed E-state index contributed by atoms with van der Waals surface area (Å²) >= 11 is 0. The molecule has 1 N–H and O–H groups in total. The summed E-state index contributed by atoms with van der Waals surface area (Å²) in [6, 6.07) is 14.0. The fraction of sp³-hybridized carbons (Fsp3) is 0.200. The summed E-state index contributed by atoms with van der Waals surface area (Å²) in [5, 5.41) is 10.6. The van der Waals surface area contributed by atoms with E-state index in [9.17, 15) is 31.1 Å². The molecule has 5 aromatic rings. The Morgan fingerprint density at radius 1 is 0.897 bits per heavy atom. The van der Waals surface area contributed by atoms with Crippen molar-refractivity contribution >= 4 is 5.65 Å². The molecule has 0 aliphatic rings. The van der Waals surface area contributed by atoms with Crippen LogP contribution in [0.3, 0.4) is 0 Å². The standard InChI is InChI=1S/C25H17F6N5O3/c1-13-16(20-33-34-22(39-20)23(38-2,25(29,30)31)15-11-7-4-8-12-15)21(37)36-19(32-13)17(14-9-5-3-6-10-14)18(35-36)24(26,27)28/h3-12,32H,1-2H3/t23-/m0/s1. The Morgan fingerprint density at radius 3 is 2.08 bits per heavy atom. The summed E-state index contributed by atoms with van der Waals surface area (Å²) in [6.45, 7) is 1.33. The lowest BCUT2D eigenvalue weighted by atomic mass is 9.92. The third-order valence-corrected chi connectivity index (χ3v) is 6.13. The van der Waals surface area contributed by atoms with Crippen LogP contribution in [-0.4, -0.2) is 38.1 Å². The van der Waals surface area contributed by atoms with Crippen LogP contribution in [-0.2, 0) is 16.5 Å². The molecule has 0 radical (unpaired) electrons. The van der Waals surface area contributed by atoms with Crippen molar-refractivity contribution in [1.29, 1.82) is 0 Å². The number of halogens is 6. The van der Waals surface area contributed by atoms with Crippen molar-refractivity contribution in [3.05, 3.63) is 93.9 Å². The van der Waals surface area contributed by atoms with Gasteiger partial charge in [-0.15, -0.1) is 10.2 Å². The summed E-state index contributed by atoms with van der Waals surface area (Å²) < 4.78 is 95.7. The van der Waals surface area contributed by atoms with Crippen LogP contribution in [0.15, 0.2) is 69.9 Å². The van der Waals surface area contributed by atoms with Gasteiger partial charge in [0.05, 0.1) is 5.56 Å². The van der Waals surface area contributed by atoms with E-state index in [1.165, 1.54) is 49.4 Å². The van der Waals surface area contributed by atoms with Crippen molar-refractivity contribution in [2.24, 2.45) is 0 Å². The summed E-state index contributed by atoms with van der Waals surface area (Å²) in [5.74, 6) is -1.70. The number of methoxy groups -OCH3 is 1. The van der Waals surface area contributed by atoms with Crippen molar-refractivity contribution in [3.8, 4) is 22.6 Å². The first kappa shape index (κ1) is 26.2. The molecule has 0 aliphatic heterocycles. The smallest absolute Gasteiger partial charge is 0.416 e. The predicted molar refractivity (Wildman–Crippen MR) is 125 cm³/mol. The maximum absolute atomic E-state index is 14.4. The summed E-state index contributed by atoms with van der Waals surface area (Å²) in [4.78, 5) is 16.1. The largest absolute Gasteiger partial charge is 0.435 e. The Kier molecular flexibility index (Phi) is 6.09. The number of rotatable bonds is 5. The third kappa shape index (κ3) is 4.07. The van der Waals surface area contributed by atoms with E-state index in [0.29, 0.717) is 4.52 Å². The van der Waals surface area contributed by atoms with Crippen LogP contribution in [0, 0.1) is 6.92 Å². The normalized spacial score (nSPS) is 14.1. The van der Waals surface area contributed by atoms with Gasteiger partial charge in [-0.3, -0.25) is 4.79 Å². The molecule has 0 amide bonds. The number of aryl methyl sites for hydroxylation is 1. The minimum Gasteiger partial charge on any atom is -0.416 e. The second-order valence-electron chi connectivity index (χ2n) is 8.44. The van der Waals surface area contributed by atoms with E-state index in [4.69, 9.17) is 9.15 Å². The molecule has 3 aromatic heterocycles. The van der Waals surface area contributed by atoms with Crippen LogP contribution in [0.5, 0.6) is 0 Å². The number of ether oxygens (including phenoxy) is 1. The lowest BCUT2D eigenvalue weighted by Crippen LogP contribution is -2.45. The Bertz CT molecular complexity index is 1710. The maximum atomic E-state index is 14.4. The quantitative estimate of drug-likeness (QED) is 0.290. The highest BCUT2D eigenvalue weighted by Crippen LogP contribution is 2.47. The van der Waals surface area contributed by atoms with Gasteiger partial charge in [-0.1, -0.05) is 60.7 Å². The topological polar surface area (TPSA) is 98.3 Å². The molecular formula is C25H17F6N5O3. The average molecular weight is 549 g/mol. The number of benzene rings is 2. The number of H-pyrrole nitrogens is 1. The molecule has 1 atom stereocenters. The highest BCUT2D eigenvalue weighted by Gasteiger charge is 2.62. The molecule has 0 aliphatic carbocycles. The number of alkyl halides is 6. The number of nitrogens with zero attached hydrogens (tertiary/aromatic N) is 4. The summed E-state index contributed by atoms with van der Waals surface area (Å²) in [7, 11) is 0.808. The number of hydrogen-bond donors (Lipinski definition) is 1. The van der Waals surface area contributed by atoms with Crippen molar-refractivity contribution < 1.29 is 35.5 Å². The number of aromatic nitrogens is 5. The van der Waals surface area contributed by atoms with E-state index in [1.807, 2.05) is 0 Å². The van der Waals surface area contributed by atoms with Crippen LogP contribution in [0.1, 0.15) is 22.8 Å². The molecular weight excluding hydrogens is 532 g/mol. The van der Waals surface area contributed by atoms with Crippen molar-refractivity contribution in [2.75, 3.05) is 7.11 Å². The van der Waals surface area contributed by atoms with Crippen molar-refractivity contribution in [2.45, 2.75) is 24.9 Å². The Labute approximate surface area is 214 Å². The van der Waals surface area contributed by atoms with Crippen LogP contribution in [0.4, 0.5) is 26.3 Å². The minimum atomic E-state index is -5.08. The summed E-state index contributed by atoms with van der Waals surface area (Å²) in [5.41, 5.74) is -7.00. The molecule has 0 saturated heterocycles. The Morgan fingerprint density at radius 2 is 1.51 bits per heavy atom. The number of nitrogens with one attached hydrogen (secondary N) is 1. The van der Waals surface area contributed by atoms with Crippen molar-refractivity contribution in [1.82, 2.24) is 24.8 Å². The molecule has 3 heterocycles. The SMILES string of the molecule is CO[C@@](c1ccccc1)(c1nnc(-c2c(C)[nH]c3c(-c4ccccc4)c(C(F)(F)F)nn3c2=O)o1)C(F)(F)F. The highest BCUT2D eigenvalue weighted by molar-refractivity contribution is 5.81. The molecule has 202 valence electrons. The zero-order chi connectivity index (χ0) is 28.2. The molecule has 0 unspecified atom stereocenters. The lowest BCUT2D eigenvalue weighted by Gasteiger charge is -2.31. The zero-order valence-electron chi connectivity index (χ0n) is 20.1. The fourth-order valence-corrected chi connectivity index (χ4v) is 4.38. The van der Waals surface area contributed by atoms with Gasteiger partial charge < -0.3 is 14.1 Å². The van der Waals surface area contributed by atoms with Gasteiger partial charge in [0, 0.05) is 18.4 Å². The number of fused-ring (bicyclic) bond motifs is 1. The van der Waals surface area contributed by atoms with Crippen LogP contribution >= 0.6 is 0 Å². The van der Waals surface area contributed by atoms with Gasteiger partial charge in [0.25, 0.3) is 22.9 Å². The molecule has 39 heavy (non-hydrogen) atoms. The van der Waals surface area contributed by atoms with E-state index in [1.54, 1.807) is 6.07 Å². The second-order valence-corrected chi connectivity index (χ2v) is 8.44. The molecule has 8 nitrogen and oxygen atoms in total. The van der Waals surface area contributed by atoms with E-state index >= 15 is 0 Å². The molecule has 2 aromatic carbocycles. The van der Waals surface area contributed by atoms with Crippen LogP contribution in [0.25, 0.3) is 28.2 Å². The zero-order valence-corrected chi connectivity index (χ0v) is 20.1. The van der Waals surface area contributed by atoms with Gasteiger partial charge in [-0.25, -0.2) is 0 Å². The van der Waals surface area contributed by atoms with E-state index in [-0.39, 0.29) is 28.0 Å². The first-order valence-corrected chi connectivity index (χ1v) is 11.2. The van der Waals surface area contributed by atoms with Gasteiger partial charge in [0.2, 0.25) is 0 Å². The second kappa shape index (κ2) is 9.08. The van der Waals surface area contributed by atoms with Crippen LogP contribution < -0.4 is 5.56 Å². The first-order valence-electron chi connectivity index (χ1n) is 11.2. The van der Waals surface area contributed by atoms with Gasteiger partial charge in [0.1, 0.15) is 11.2 Å². The number of hydrogen-bond acceptors (Lipinski definition) is 6. The monoisotopic (exact) mass is 549 g/mol. The van der Waals surface area contributed by atoms with Gasteiger partial charge in [-0.2, -0.15) is 36.0 Å². The Hall–Kier alpha value is -4.46. The fourth-order valence-electron chi connectivity index (χ4n) is 4.38. The van der Waals surface area contributed by atoms with E-state index in [0.717, 1.165) is 19.2 Å². The first-order chi connectivity index (χ1) is 18.4. The molecule has 14 heteroatoms. The van der Waals surface area contributed by atoms with E-state index in [2.05, 4.69) is 20.3 Å². The minimum absolute atomic E-state index is 0.0387. The maximum Gasteiger partial charge on any atom is 0.435 e. The molecule has 0 bridgehead atoms. The Balaban J connectivity index is 1.74. The van der Waals surface area contributed by atoms with Crippen LogP contribution in [0.2, 0.25) is 0 Å². The number of aromatic amines is 1. The highest BCUT2D eigenvalue weighted by atomic mass is 19.4. The molecule has 0 spiro atoms. The van der Waals surface area contributed by atoms with Gasteiger partial charge >= 0.3 is 12.4 Å². The van der Waals surface area contributed by atoms with Gasteiger partial charge in [0.15, 0.2) is 5.69 Å². The third-order valence-electron chi connectivity index (χ3n) is 6.13. The van der Waals surface area contributed by atoms with Crippen molar-refractivity contribution in [3.63, 3.8) is 0 Å². The predicted octanol–water partition coefficient (Wildman–Crippen LogP) is 5.52. The molecule has 5 rings (SSSR count). The van der Waals surface area contributed by atoms with Gasteiger partial charge in [-0.05, 0) is 12.5 Å². The summed E-state index contributed by atoms with van der Waals surface area (Å²) in [6.07, 6.45) is -10.0. The average Bonchev–Trinajstić information content (AvgIpc) is 3.51. The lowest BCUT2D eigenvalue weighted by molar-refractivity contribution is -0.265.